The van der Waals surface area contributed by atoms with Gasteiger partial charge in [0.05, 0.1) is 5.69 Å². The first-order chi connectivity index (χ1) is 11.1. The van der Waals surface area contributed by atoms with Gasteiger partial charge in [0.25, 0.3) is 0 Å². The van der Waals surface area contributed by atoms with Crippen molar-refractivity contribution in [3.8, 4) is 11.3 Å². The van der Waals surface area contributed by atoms with Crippen LogP contribution in [0.4, 0.5) is 5.82 Å². The van der Waals surface area contributed by atoms with Gasteiger partial charge in [-0.05, 0) is 24.3 Å². The summed E-state index contributed by atoms with van der Waals surface area (Å²) in [6.45, 7) is 6.95. The van der Waals surface area contributed by atoms with Crippen molar-refractivity contribution >= 4 is 11.7 Å². The van der Waals surface area contributed by atoms with Crippen LogP contribution in [0.15, 0.2) is 36.7 Å². The maximum Gasteiger partial charge on any atom is 0.225 e. The maximum atomic E-state index is 12.0. The summed E-state index contributed by atoms with van der Waals surface area (Å²) in [4.78, 5) is 20.1. The highest BCUT2D eigenvalue weighted by Crippen LogP contribution is 2.19. The maximum absolute atomic E-state index is 12.0. The summed E-state index contributed by atoms with van der Waals surface area (Å²) in [6, 6.07) is 7.80. The van der Waals surface area contributed by atoms with Crippen LogP contribution in [0.3, 0.4) is 0 Å². The van der Waals surface area contributed by atoms with E-state index in [0.717, 1.165) is 43.3 Å². The Hall–Kier alpha value is -2.50. The molecule has 120 valence electrons. The van der Waals surface area contributed by atoms with Crippen LogP contribution >= 0.6 is 0 Å². The average Bonchev–Trinajstić information content (AvgIpc) is 2.62. The number of hydrogen-bond acceptors (Lipinski definition) is 5. The van der Waals surface area contributed by atoms with Gasteiger partial charge in [-0.2, -0.15) is 0 Å². The molecule has 0 aliphatic carbocycles. The summed E-state index contributed by atoms with van der Waals surface area (Å²) in [5.74, 6) is 1.14. The molecule has 0 aromatic carbocycles. The number of anilines is 1. The number of carbonyl (C=O) groups excluding carboxylic acids is 1. The molecule has 1 aliphatic rings. The molecule has 0 unspecified atom stereocenters. The predicted molar refractivity (Wildman–Crippen MR) is 88.9 cm³/mol. The number of carbonyl (C=O) groups is 1. The lowest BCUT2D eigenvalue weighted by atomic mass is 10.1. The lowest BCUT2D eigenvalue weighted by Crippen LogP contribution is -2.50. The topological polar surface area (TPSA) is 62.2 Å². The lowest BCUT2D eigenvalue weighted by molar-refractivity contribution is -0.134. The van der Waals surface area contributed by atoms with E-state index in [1.54, 1.807) is 12.4 Å². The number of amides is 1. The first-order valence-electron chi connectivity index (χ1n) is 7.93. The molecule has 6 heteroatoms. The Morgan fingerprint density at radius 3 is 2.26 bits per heavy atom. The Kier molecular flexibility index (Phi) is 4.50. The molecule has 0 radical (unpaired) electrons. The highest BCUT2D eigenvalue weighted by Gasteiger charge is 2.23. The SMILES string of the molecule is CC(C)C(=O)N1CCN(c2ccc(-c3ccncc3)nn2)CC1. The van der Waals surface area contributed by atoms with Crippen LogP contribution in [-0.4, -0.2) is 52.2 Å². The van der Waals surface area contributed by atoms with E-state index in [1.165, 1.54) is 0 Å². The van der Waals surface area contributed by atoms with E-state index in [9.17, 15) is 4.79 Å². The standard InChI is InChI=1S/C17H21N5O/c1-13(2)17(23)22-11-9-21(10-12-22)16-4-3-15(19-20-16)14-5-7-18-8-6-14/h3-8,13H,9-12H2,1-2H3. The van der Waals surface area contributed by atoms with Gasteiger partial charge in [-0.15, -0.1) is 10.2 Å². The number of pyridine rings is 1. The molecule has 23 heavy (non-hydrogen) atoms. The Morgan fingerprint density at radius 1 is 1.00 bits per heavy atom. The van der Waals surface area contributed by atoms with Crippen molar-refractivity contribution in [2.45, 2.75) is 13.8 Å². The van der Waals surface area contributed by atoms with E-state index in [1.807, 2.05) is 43.0 Å². The third-order valence-corrected chi connectivity index (χ3v) is 4.04. The Labute approximate surface area is 136 Å². The molecular weight excluding hydrogens is 290 g/mol. The molecule has 0 bridgehead atoms. The fourth-order valence-electron chi connectivity index (χ4n) is 2.69. The number of rotatable bonds is 3. The number of piperazine rings is 1. The predicted octanol–water partition coefficient (Wildman–Crippen LogP) is 1.84. The third kappa shape index (κ3) is 3.47. The first-order valence-corrected chi connectivity index (χ1v) is 7.93. The quantitative estimate of drug-likeness (QED) is 0.865. The highest BCUT2D eigenvalue weighted by molar-refractivity contribution is 5.78. The molecule has 0 atom stereocenters. The summed E-state index contributed by atoms with van der Waals surface area (Å²) in [5.41, 5.74) is 1.84. The van der Waals surface area contributed by atoms with Gasteiger partial charge in [0, 0.05) is 50.1 Å². The van der Waals surface area contributed by atoms with Gasteiger partial charge >= 0.3 is 0 Å². The van der Waals surface area contributed by atoms with Gasteiger partial charge in [0.1, 0.15) is 0 Å². The second-order valence-electron chi connectivity index (χ2n) is 5.98. The van der Waals surface area contributed by atoms with Crippen molar-refractivity contribution in [2.75, 3.05) is 31.1 Å². The van der Waals surface area contributed by atoms with Crippen LogP contribution in [0.25, 0.3) is 11.3 Å². The van der Waals surface area contributed by atoms with Crippen molar-refractivity contribution < 1.29 is 4.79 Å². The molecule has 0 saturated carbocycles. The van der Waals surface area contributed by atoms with E-state index in [-0.39, 0.29) is 11.8 Å². The molecule has 0 spiro atoms. The summed E-state index contributed by atoms with van der Waals surface area (Å²) in [6.07, 6.45) is 3.49. The van der Waals surface area contributed by atoms with E-state index in [2.05, 4.69) is 20.1 Å². The normalized spacial score (nSPS) is 15.1. The number of hydrogen-bond donors (Lipinski definition) is 0. The Morgan fingerprint density at radius 2 is 1.70 bits per heavy atom. The van der Waals surface area contributed by atoms with Gasteiger partial charge in [-0.1, -0.05) is 13.8 Å². The third-order valence-electron chi connectivity index (χ3n) is 4.04. The zero-order valence-electron chi connectivity index (χ0n) is 13.5. The van der Waals surface area contributed by atoms with E-state index in [0.29, 0.717) is 0 Å². The monoisotopic (exact) mass is 311 g/mol. The molecule has 3 rings (SSSR count). The number of nitrogens with zero attached hydrogens (tertiary/aromatic N) is 5. The molecule has 2 aromatic heterocycles. The molecule has 1 saturated heterocycles. The van der Waals surface area contributed by atoms with Gasteiger partial charge in [-0.25, -0.2) is 0 Å². The fourth-order valence-corrected chi connectivity index (χ4v) is 2.69. The van der Waals surface area contributed by atoms with Crippen molar-refractivity contribution in [3.63, 3.8) is 0 Å². The molecule has 1 amide bonds. The smallest absolute Gasteiger partial charge is 0.225 e. The summed E-state index contributed by atoms with van der Waals surface area (Å²) >= 11 is 0. The van der Waals surface area contributed by atoms with E-state index >= 15 is 0 Å². The average molecular weight is 311 g/mol. The second kappa shape index (κ2) is 6.73. The van der Waals surface area contributed by atoms with E-state index in [4.69, 9.17) is 0 Å². The van der Waals surface area contributed by atoms with Crippen LogP contribution in [0.2, 0.25) is 0 Å². The molecule has 6 nitrogen and oxygen atoms in total. The van der Waals surface area contributed by atoms with Crippen LogP contribution in [0.1, 0.15) is 13.8 Å². The minimum atomic E-state index is 0.0565. The highest BCUT2D eigenvalue weighted by atomic mass is 16.2. The van der Waals surface area contributed by atoms with Gasteiger partial charge < -0.3 is 9.80 Å². The summed E-state index contributed by atoms with van der Waals surface area (Å²) in [5, 5.41) is 8.64. The van der Waals surface area contributed by atoms with Gasteiger partial charge in [0.2, 0.25) is 5.91 Å². The molecule has 3 heterocycles. The van der Waals surface area contributed by atoms with Crippen LogP contribution < -0.4 is 4.90 Å². The zero-order chi connectivity index (χ0) is 16.2. The zero-order valence-corrected chi connectivity index (χ0v) is 13.5. The molecule has 0 N–H and O–H groups in total. The molecule has 2 aromatic rings. The van der Waals surface area contributed by atoms with Crippen LogP contribution in [0, 0.1) is 5.92 Å². The van der Waals surface area contributed by atoms with Gasteiger partial charge in [-0.3, -0.25) is 9.78 Å². The summed E-state index contributed by atoms with van der Waals surface area (Å²) in [7, 11) is 0. The van der Waals surface area contributed by atoms with Crippen molar-refractivity contribution in [1.82, 2.24) is 20.1 Å². The fraction of sp³-hybridized carbons (Fsp3) is 0.412. The van der Waals surface area contributed by atoms with Crippen LogP contribution in [-0.2, 0) is 4.79 Å². The minimum absolute atomic E-state index is 0.0565. The second-order valence-corrected chi connectivity index (χ2v) is 5.98. The van der Waals surface area contributed by atoms with Crippen molar-refractivity contribution in [2.24, 2.45) is 5.92 Å². The van der Waals surface area contributed by atoms with E-state index < -0.39 is 0 Å². The summed E-state index contributed by atoms with van der Waals surface area (Å²) < 4.78 is 0. The minimum Gasteiger partial charge on any atom is -0.352 e. The lowest BCUT2D eigenvalue weighted by Gasteiger charge is -2.36. The van der Waals surface area contributed by atoms with Crippen molar-refractivity contribution in [3.05, 3.63) is 36.7 Å². The Bertz CT molecular complexity index is 648. The van der Waals surface area contributed by atoms with Crippen LogP contribution in [0.5, 0.6) is 0 Å². The van der Waals surface area contributed by atoms with Crippen molar-refractivity contribution in [1.29, 1.82) is 0 Å². The molecule has 1 fully saturated rings. The number of aromatic nitrogens is 3. The largest absolute Gasteiger partial charge is 0.352 e. The molecular formula is C17H21N5O. The molecule has 1 aliphatic heterocycles. The first kappa shape index (κ1) is 15.4. The van der Waals surface area contributed by atoms with Gasteiger partial charge in [0.15, 0.2) is 5.82 Å². The Balaban J connectivity index is 1.64.